The van der Waals surface area contributed by atoms with E-state index in [4.69, 9.17) is 13.9 Å². The number of carbonyl (C=O) groups is 1. The summed E-state index contributed by atoms with van der Waals surface area (Å²) >= 11 is 0. The summed E-state index contributed by atoms with van der Waals surface area (Å²) in [7, 11) is 1.51. The van der Waals surface area contributed by atoms with Gasteiger partial charge in [0, 0.05) is 11.5 Å². The van der Waals surface area contributed by atoms with Crippen LogP contribution in [0.5, 0.6) is 11.5 Å². The first-order valence-electron chi connectivity index (χ1n) is 8.18. The zero-order valence-corrected chi connectivity index (χ0v) is 14.8. The third kappa shape index (κ3) is 3.54. The van der Waals surface area contributed by atoms with Crippen LogP contribution in [0.3, 0.4) is 0 Å². The molecule has 1 N–H and O–H groups in total. The van der Waals surface area contributed by atoms with Crippen molar-refractivity contribution in [2.75, 3.05) is 19.0 Å². The predicted octanol–water partition coefficient (Wildman–Crippen LogP) is 3.76. The largest absolute Gasteiger partial charge is 0.495 e. The van der Waals surface area contributed by atoms with Crippen molar-refractivity contribution in [1.29, 1.82) is 0 Å². The number of ether oxygens (including phenoxy) is 2. The normalized spacial score (nSPS) is 10.6. The molecule has 0 bridgehead atoms. The van der Waals surface area contributed by atoms with Gasteiger partial charge in [0.15, 0.2) is 0 Å². The highest BCUT2D eigenvalue weighted by Crippen LogP contribution is 2.26. The Hall–Kier alpha value is -3.28. The number of rotatable bonds is 5. The molecule has 1 heterocycles. The molecule has 1 amide bonds. The molecule has 1 aromatic heterocycles. The number of hydrogen-bond donors (Lipinski definition) is 1. The Morgan fingerprint density at radius 2 is 1.96 bits per heavy atom. The van der Waals surface area contributed by atoms with Crippen LogP contribution in [0.15, 0.2) is 51.7 Å². The number of benzene rings is 2. The highest BCUT2D eigenvalue weighted by atomic mass is 16.5. The molecule has 0 aliphatic carbocycles. The molecule has 0 aliphatic heterocycles. The van der Waals surface area contributed by atoms with E-state index in [2.05, 4.69) is 5.32 Å². The van der Waals surface area contributed by atoms with Crippen LogP contribution in [-0.2, 0) is 0 Å². The third-order valence-electron chi connectivity index (χ3n) is 3.87. The zero-order chi connectivity index (χ0) is 18.7. The van der Waals surface area contributed by atoms with Crippen molar-refractivity contribution in [3.63, 3.8) is 0 Å². The fourth-order valence-corrected chi connectivity index (χ4v) is 2.62. The molecule has 26 heavy (non-hydrogen) atoms. The highest BCUT2D eigenvalue weighted by Gasteiger charge is 2.16. The van der Waals surface area contributed by atoms with Crippen LogP contribution in [-0.4, -0.2) is 19.6 Å². The molecule has 0 saturated carbocycles. The van der Waals surface area contributed by atoms with E-state index in [0.29, 0.717) is 34.8 Å². The Labute approximate surface area is 150 Å². The number of amides is 1. The second-order valence-electron chi connectivity index (χ2n) is 5.74. The number of nitrogens with one attached hydrogen (secondary N) is 1. The van der Waals surface area contributed by atoms with E-state index in [1.165, 1.54) is 13.2 Å². The predicted molar refractivity (Wildman–Crippen MR) is 99.3 cm³/mol. The molecule has 3 aromatic rings. The Balaban J connectivity index is 1.96. The van der Waals surface area contributed by atoms with Crippen LogP contribution < -0.4 is 20.4 Å². The minimum Gasteiger partial charge on any atom is -0.495 e. The van der Waals surface area contributed by atoms with E-state index in [-0.39, 0.29) is 5.56 Å². The first-order valence-corrected chi connectivity index (χ1v) is 8.18. The summed E-state index contributed by atoms with van der Waals surface area (Å²) in [6, 6.07) is 12.0. The lowest BCUT2D eigenvalue weighted by Crippen LogP contribution is -2.21. The molecule has 2 aromatic carbocycles. The van der Waals surface area contributed by atoms with Gasteiger partial charge in [-0.25, -0.2) is 4.79 Å². The van der Waals surface area contributed by atoms with Gasteiger partial charge in [-0.1, -0.05) is 6.07 Å². The molecule has 6 heteroatoms. The summed E-state index contributed by atoms with van der Waals surface area (Å²) in [5.74, 6) is 0.554. The van der Waals surface area contributed by atoms with Gasteiger partial charge < -0.3 is 19.2 Å². The van der Waals surface area contributed by atoms with Crippen molar-refractivity contribution in [3.05, 3.63) is 64.0 Å². The first kappa shape index (κ1) is 17.5. The molecule has 0 unspecified atom stereocenters. The maximum Gasteiger partial charge on any atom is 0.349 e. The number of methoxy groups -OCH3 is 1. The molecular formula is C20H19NO5. The van der Waals surface area contributed by atoms with Crippen molar-refractivity contribution < 1.29 is 18.7 Å². The van der Waals surface area contributed by atoms with Gasteiger partial charge >= 0.3 is 5.63 Å². The maximum absolute atomic E-state index is 12.6. The summed E-state index contributed by atoms with van der Waals surface area (Å²) in [5, 5.41) is 3.34. The molecule has 0 saturated heterocycles. The summed E-state index contributed by atoms with van der Waals surface area (Å²) < 4.78 is 15.9. The number of aryl methyl sites for hydroxylation is 1. The standard InChI is InChI=1S/C20H19NO5/c1-4-25-14-7-6-13-10-15(20(23)26-18(13)11-14)19(22)21-16-9-12(2)5-8-17(16)24-3/h5-11H,4H2,1-3H3,(H,21,22). The average Bonchev–Trinajstić information content (AvgIpc) is 2.61. The number of anilines is 1. The van der Waals surface area contributed by atoms with E-state index >= 15 is 0 Å². The molecular weight excluding hydrogens is 334 g/mol. The molecule has 0 atom stereocenters. The average molecular weight is 353 g/mol. The Bertz CT molecular complexity index is 1020. The van der Waals surface area contributed by atoms with Crippen molar-refractivity contribution in [2.24, 2.45) is 0 Å². The second-order valence-corrected chi connectivity index (χ2v) is 5.74. The van der Waals surface area contributed by atoms with E-state index in [9.17, 15) is 9.59 Å². The molecule has 0 radical (unpaired) electrons. The molecule has 6 nitrogen and oxygen atoms in total. The zero-order valence-electron chi connectivity index (χ0n) is 14.8. The molecule has 0 spiro atoms. The van der Waals surface area contributed by atoms with Gasteiger partial charge in [-0.15, -0.1) is 0 Å². The van der Waals surface area contributed by atoms with Crippen LogP contribution >= 0.6 is 0 Å². The Morgan fingerprint density at radius 3 is 2.69 bits per heavy atom. The SMILES string of the molecule is CCOc1ccc2cc(C(=O)Nc3cc(C)ccc3OC)c(=O)oc2c1. The number of fused-ring (bicyclic) bond motifs is 1. The van der Waals surface area contributed by atoms with Crippen molar-refractivity contribution in [1.82, 2.24) is 0 Å². The van der Waals surface area contributed by atoms with Crippen LogP contribution in [0.1, 0.15) is 22.8 Å². The van der Waals surface area contributed by atoms with Crippen LogP contribution in [0, 0.1) is 6.92 Å². The second kappa shape index (κ2) is 7.31. The first-order chi connectivity index (χ1) is 12.5. The van der Waals surface area contributed by atoms with Gasteiger partial charge in [0.1, 0.15) is 22.6 Å². The lowest BCUT2D eigenvalue weighted by atomic mass is 10.1. The Morgan fingerprint density at radius 1 is 1.15 bits per heavy atom. The summed E-state index contributed by atoms with van der Waals surface area (Å²) in [6.45, 7) is 4.28. The fourth-order valence-electron chi connectivity index (χ4n) is 2.62. The molecule has 3 rings (SSSR count). The van der Waals surface area contributed by atoms with E-state index in [1.54, 1.807) is 30.3 Å². The fraction of sp³-hybridized carbons (Fsp3) is 0.200. The van der Waals surface area contributed by atoms with Gasteiger partial charge in [-0.3, -0.25) is 4.79 Å². The maximum atomic E-state index is 12.6. The van der Waals surface area contributed by atoms with Crippen LogP contribution in [0.25, 0.3) is 11.0 Å². The molecule has 134 valence electrons. The van der Waals surface area contributed by atoms with Gasteiger partial charge in [-0.05, 0) is 49.7 Å². The van der Waals surface area contributed by atoms with E-state index in [1.807, 2.05) is 19.9 Å². The van der Waals surface area contributed by atoms with Gasteiger partial charge in [-0.2, -0.15) is 0 Å². The van der Waals surface area contributed by atoms with Gasteiger partial charge in [0.2, 0.25) is 0 Å². The third-order valence-corrected chi connectivity index (χ3v) is 3.87. The van der Waals surface area contributed by atoms with Crippen LogP contribution in [0.2, 0.25) is 0 Å². The lowest BCUT2D eigenvalue weighted by Gasteiger charge is -2.11. The number of hydrogen-bond acceptors (Lipinski definition) is 5. The van der Waals surface area contributed by atoms with Gasteiger partial charge in [0.05, 0.1) is 19.4 Å². The number of carbonyl (C=O) groups excluding carboxylic acids is 1. The molecule has 0 fully saturated rings. The van der Waals surface area contributed by atoms with E-state index < -0.39 is 11.5 Å². The summed E-state index contributed by atoms with van der Waals surface area (Å²) in [5.41, 5.74) is 1.02. The summed E-state index contributed by atoms with van der Waals surface area (Å²) in [6.07, 6.45) is 0. The Kier molecular flexibility index (Phi) is 4.93. The summed E-state index contributed by atoms with van der Waals surface area (Å²) in [4.78, 5) is 24.8. The van der Waals surface area contributed by atoms with Crippen molar-refractivity contribution in [2.45, 2.75) is 13.8 Å². The van der Waals surface area contributed by atoms with Gasteiger partial charge in [0.25, 0.3) is 5.91 Å². The quantitative estimate of drug-likeness (QED) is 0.707. The minimum atomic E-state index is -0.713. The van der Waals surface area contributed by atoms with Crippen LogP contribution in [0.4, 0.5) is 5.69 Å². The van der Waals surface area contributed by atoms with Crippen molar-refractivity contribution >= 4 is 22.6 Å². The molecule has 0 aliphatic rings. The topological polar surface area (TPSA) is 77.8 Å². The van der Waals surface area contributed by atoms with E-state index in [0.717, 1.165) is 5.56 Å². The van der Waals surface area contributed by atoms with Crippen molar-refractivity contribution in [3.8, 4) is 11.5 Å². The smallest absolute Gasteiger partial charge is 0.349 e. The monoisotopic (exact) mass is 353 g/mol. The lowest BCUT2D eigenvalue weighted by molar-refractivity contribution is 0.102. The minimum absolute atomic E-state index is 0.0785. The highest BCUT2D eigenvalue weighted by molar-refractivity contribution is 6.06.